The molecule has 0 aliphatic carbocycles. The van der Waals surface area contributed by atoms with Crippen LogP contribution in [0.3, 0.4) is 0 Å². The summed E-state index contributed by atoms with van der Waals surface area (Å²) < 4.78 is 17.8. The van der Waals surface area contributed by atoms with Gasteiger partial charge in [0, 0.05) is 12.7 Å². The Morgan fingerprint density at radius 2 is 2.10 bits per heavy atom. The molecule has 0 saturated carbocycles. The molecule has 1 aromatic carbocycles. The molecule has 3 rings (SSSR count). The van der Waals surface area contributed by atoms with Crippen LogP contribution in [0, 0.1) is 0 Å². The Morgan fingerprint density at radius 3 is 2.80 bits per heavy atom. The molecule has 2 heterocycles. The fraction of sp³-hybridized carbons (Fsp3) is 0.429. The minimum absolute atomic E-state index is 0.0730. The Labute approximate surface area is 117 Å². The normalized spacial score (nSPS) is 18.2. The summed E-state index contributed by atoms with van der Waals surface area (Å²) in [6.45, 7) is 0.799. The average Bonchev–Trinajstić information content (AvgIpc) is 3.16. The zero-order valence-electron chi connectivity index (χ0n) is 11.6. The van der Waals surface area contributed by atoms with Gasteiger partial charge in [-0.2, -0.15) is 0 Å². The zero-order chi connectivity index (χ0) is 13.9. The molecule has 1 aliphatic rings. The van der Waals surface area contributed by atoms with E-state index in [9.17, 15) is 0 Å². The van der Waals surface area contributed by atoms with Crippen LogP contribution in [0.25, 0.3) is 5.69 Å². The lowest BCUT2D eigenvalue weighted by atomic mass is 10.2. The number of aromatic nitrogens is 3. The molecule has 1 unspecified atom stereocenters. The van der Waals surface area contributed by atoms with Crippen LogP contribution in [0.15, 0.2) is 24.4 Å². The molecule has 0 spiro atoms. The lowest BCUT2D eigenvalue weighted by Crippen LogP contribution is -1.97. The molecule has 1 fully saturated rings. The monoisotopic (exact) mass is 275 g/mol. The molecule has 0 N–H and O–H groups in total. The lowest BCUT2D eigenvalue weighted by Gasteiger charge is -2.09. The molecular formula is C14H17N3O3. The Bertz CT molecular complexity index is 591. The van der Waals surface area contributed by atoms with Gasteiger partial charge in [0.15, 0.2) is 11.5 Å². The van der Waals surface area contributed by atoms with E-state index in [0.29, 0.717) is 11.5 Å². The molecule has 0 radical (unpaired) electrons. The van der Waals surface area contributed by atoms with Gasteiger partial charge >= 0.3 is 0 Å². The van der Waals surface area contributed by atoms with Crippen molar-refractivity contribution in [2.24, 2.45) is 0 Å². The van der Waals surface area contributed by atoms with Crippen LogP contribution in [-0.2, 0) is 4.74 Å². The van der Waals surface area contributed by atoms with Gasteiger partial charge in [0.2, 0.25) is 0 Å². The van der Waals surface area contributed by atoms with Crippen LogP contribution in [0.4, 0.5) is 0 Å². The minimum atomic E-state index is 0.0730. The number of benzene rings is 1. The number of hydrogen-bond acceptors (Lipinski definition) is 5. The first-order chi connectivity index (χ1) is 9.81. The smallest absolute Gasteiger partial charge is 0.162 e. The van der Waals surface area contributed by atoms with Crippen molar-refractivity contribution >= 4 is 0 Å². The van der Waals surface area contributed by atoms with Crippen LogP contribution in [0.5, 0.6) is 11.5 Å². The van der Waals surface area contributed by atoms with Crippen molar-refractivity contribution in [2.45, 2.75) is 18.9 Å². The molecule has 0 bridgehead atoms. The van der Waals surface area contributed by atoms with E-state index in [2.05, 4.69) is 10.3 Å². The Kier molecular flexibility index (Phi) is 3.56. The molecule has 1 saturated heterocycles. The highest BCUT2D eigenvalue weighted by Crippen LogP contribution is 2.30. The maximum absolute atomic E-state index is 5.61. The third kappa shape index (κ3) is 2.34. The average molecular weight is 275 g/mol. The van der Waals surface area contributed by atoms with Crippen molar-refractivity contribution in [1.82, 2.24) is 15.0 Å². The minimum Gasteiger partial charge on any atom is -0.493 e. The molecular weight excluding hydrogens is 258 g/mol. The molecule has 20 heavy (non-hydrogen) atoms. The van der Waals surface area contributed by atoms with Gasteiger partial charge in [0.25, 0.3) is 0 Å². The molecule has 1 atom stereocenters. The fourth-order valence-corrected chi connectivity index (χ4v) is 2.33. The molecule has 2 aromatic rings. The van der Waals surface area contributed by atoms with Gasteiger partial charge in [-0.05, 0) is 25.0 Å². The third-order valence-electron chi connectivity index (χ3n) is 3.40. The van der Waals surface area contributed by atoms with Gasteiger partial charge in [-0.1, -0.05) is 5.21 Å². The highest BCUT2D eigenvalue weighted by Gasteiger charge is 2.21. The fourth-order valence-electron chi connectivity index (χ4n) is 2.33. The van der Waals surface area contributed by atoms with Crippen molar-refractivity contribution in [2.75, 3.05) is 20.8 Å². The van der Waals surface area contributed by atoms with E-state index in [4.69, 9.17) is 14.2 Å². The summed E-state index contributed by atoms with van der Waals surface area (Å²) >= 11 is 0. The molecule has 0 amide bonds. The van der Waals surface area contributed by atoms with Crippen molar-refractivity contribution < 1.29 is 14.2 Å². The van der Waals surface area contributed by atoms with Crippen LogP contribution >= 0.6 is 0 Å². The number of methoxy groups -OCH3 is 2. The standard InChI is InChI=1S/C14H17N3O3/c1-18-13-6-5-10(8-14(13)19-2)17-9-11(15-16-17)12-4-3-7-20-12/h5-6,8-9,12H,3-4,7H2,1-2H3. The third-order valence-corrected chi connectivity index (χ3v) is 3.40. The number of hydrogen-bond donors (Lipinski definition) is 0. The number of ether oxygens (including phenoxy) is 3. The largest absolute Gasteiger partial charge is 0.493 e. The second-order valence-electron chi connectivity index (χ2n) is 4.63. The van der Waals surface area contributed by atoms with Crippen molar-refractivity contribution in [3.8, 4) is 17.2 Å². The van der Waals surface area contributed by atoms with Crippen LogP contribution in [0.1, 0.15) is 24.6 Å². The summed E-state index contributed by atoms with van der Waals surface area (Å²) in [5, 5.41) is 8.34. The van der Waals surface area contributed by atoms with Gasteiger partial charge < -0.3 is 14.2 Å². The SMILES string of the molecule is COc1ccc(-n2cc(C3CCCO3)nn2)cc1OC. The Hall–Kier alpha value is -2.08. The summed E-state index contributed by atoms with van der Waals surface area (Å²) in [6, 6.07) is 5.63. The van der Waals surface area contributed by atoms with E-state index in [1.807, 2.05) is 24.4 Å². The number of rotatable bonds is 4. The summed E-state index contributed by atoms with van der Waals surface area (Å²) in [4.78, 5) is 0. The molecule has 106 valence electrons. The van der Waals surface area contributed by atoms with E-state index in [1.54, 1.807) is 18.9 Å². The van der Waals surface area contributed by atoms with Crippen LogP contribution < -0.4 is 9.47 Å². The quantitative estimate of drug-likeness (QED) is 0.855. The summed E-state index contributed by atoms with van der Waals surface area (Å²) in [5.41, 5.74) is 1.75. The highest BCUT2D eigenvalue weighted by atomic mass is 16.5. The molecule has 6 nitrogen and oxygen atoms in total. The topological polar surface area (TPSA) is 58.4 Å². The predicted octanol–water partition coefficient (Wildman–Crippen LogP) is 2.14. The lowest BCUT2D eigenvalue weighted by molar-refractivity contribution is 0.108. The summed E-state index contributed by atoms with van der Waals surface area (Å²) in [5.74, 6) is 1.36. The van der Waals surface area contributed by atoms with E-state index in [-0.39, 0.29) is 6.10 Å². The zero-order valence-corrected chi connectivity index (χ0v) is 11.6. The van der Waals surface area contributed by atoms with E-state index in [0.717, 1.165) is 30.8 Å². The van der Waals surface area contributed by atoms with Gasteiger partial charge in [-0.25, -0.2) is 4.68 Å². The second-order valence-corrected chi connectivity index (χ2v) is 4.63. The maximum atomic E-state index is 5.61. The Morgan fingerprint density at radius 1 is 1.25 bits per heavy atom. The van der Waals surface area contributed by atoms with Crippen molar-refractivity contribution in [3.63, 3.8) is 0 Å². The predicted molar refractivity (Wildman–Crippen MR) is 72.4 cm³/mol. The van der Waals surface area contributed by atoms with E-state index in [1.165, 1.54) is 0 Å². The van der Waals surface area contributed by atoms with E-state index < -0.39 is 0 Å². The van der Waals surface area contributed by atoms with Gasteiger partial charge in [0.05, 0.1) is 26.1 Å². The number of nitrogens with zero attached hydrogens (tertiary/aromatic N) is 3. The van der Waals surface area contributed by atoms with Gasteiger partial charge in [0.1, 0.15) is 11.8 Å². The summed E-state index contributed by atoms with van der Waals surface area (Å²) in [7, 11) is 3.23. The second kappa shape index (κ2) is 5.50. The Balaban J connectivity index is 1.88. The maximum Gasteiger partial charge on any atom is 0.162 e. The van der Waals surface area contributed by atoms with Crippen LogP contribution in [0.2, 0.25) is 0 Å². The first-order valence-corrected chi connectivity index (χ1v) is 6.58. The van der Waals surface area contributed by atoms with E-state index >= 15 is 0 Å². The summed E-state index contributed by atoms with van der Waals surface area (Å²) in [6.07, 6.45) is 4.05. The van der Waals surface area contributed by atoms with Gasteiger partial charge in [-0.15, -0.1) is 5.10 Å². The van der Waals surface area contributed by atoms with Crippen LogP contribution in [-0.4, -0.2) is 35.8 Å². The first-order valence-electron chi connectivity index (χ1n) is 6.58. The molecule has 1 aliphatic heterocycles. The molecule has 1 aromatic heterocycles. The van der Waals surface area contributed by atoms with Crippen molar-refractivity contribution in [3.05, 3.63) is 30.1 Å². The van der Waals surface area contributed by atoms with Crippen molar-refractivity contribution in [1.29, 1.82) is 0 Å². The first kappa shape index (κ1) is 12.9. The molecule has 6 heteroatoms. The highest BCUT2D eigenvalue weighted by molar-refractivity contribution is 5.48. The van der Waals surface area contributed by atoms with Gasteiger partial charge in [-0.3, -0.25) is 0 Å².